The van der Waals surface area contributed by atoms with Gasteiger partial charge in [-0.3, -0.25) is 4.79 Å². The molecule has 1 aromatic rings. The van der Waals surface area contributed by atoms with Gasteiger partial charge in [0.15, 0.2) is 0 Å². The maximum absolute atomic E-state index is 11.9. The van der Waals surface area contributed by atoms with Crippen molar-refractivity contribution in [1.29, 1.82) is 0 Å². The van der Waals surface area contributed by atoms with E-state index in [1.54, 1.807) is 0 Å². The Hall–Kier alpha value is -1.31. The zero-order valence-electron chi connectivity index (χ0n) is 12.5. The highest BCUT2D eigenvalue weighted by Crippen LogP contribution is 2.10. The van der Waals surface area contributed by atoms with Gasteiger partial charge in [0.2, 0.25) is 0 Å². The summed E-state index contributed by atoms with van der Waals surface area (Å²) in [6.07, 6.45) is 7.21. The topological polar surface area (TPSA) is 29.1 Å². The Kier molecular flexibility index (Phi) is 7.24. The summed E-state index contributed by atoms with van der Waals surface area (Å²) in [6.45, 7) is 6.33. The molecule has 0 fully saturated rings. The number of carbonyl (C=O) groups is 1. The van der Waals surface area contributed by atoms with Crippen LogP contribution >= 0.6 is 0 Å². The minimum absolute atomic E-state index is 0.0342. The number of amides is 1. The predicted octanol–water partition coefficient (Wildman–Crippen LogP) is 4.34. The molecule has 1 unspecified atom stereocenters. The molecule has 19 heavy (non-hydrogen) atoms. The molecule has 1 amide bonds. The van der Waals surface area contributed by atoms with Crippen LogP contribution in [0.3, 0.4) is 0 Å². The molecule has 106 valence electrons. The van der Waals surface area contributed by atoms with Crippen molar-refractivity contribution in [3.8, 4) is 0 Å². The van der Waals surface area contributed by atoms with Crippen molar-refractivity contribution in [2.24, 2.45) is 0 Å². The van der Waals surface area contributed by atoms with Crippen LogP contribution in [0, 0.1) is 0 Å². The molecule has 0 bridgehead atoms. The van der Waals surface area contributed by atoms with Gasteiger partial charge >= 0.3 is 0 Å². The monoisotopic (exact) mass is 261 g/mol. The minimum Gasteiger partial charge on any atom is -0.350 e. The molecule has 1 N–H and O–H groups in total. The van der Waals surface area contributed by atoms with E-state index in [2.05, 4.69) is 31.3 Å². The van der Waals surface area contributed by atoms with Crippen LogP contribution in [-0.2, 0) is 6.42 Å². The molecule has 0 spiro atoms. The average Bonchev–Trinajstić information content (AvgIpc) is 2.44. The average molecular weight is 261 g/mol. The standard InChI is InChI=1S/C17H27NO/c1-4-6-7-8-9-15-10-12-16(13-11-15)17(19)18-14(3)5-2/h10-14H,4-9H2,1-3H3,(H,18,19). The van der Waals surface area contributed by atoms with Gasteiger partial charge < -0.3 is 5.32 Å². The van der Waals surface area contributed by atoms with Crippen LogP contribution in [0.4, 0.5) is 0 Å². The number of carbonyl (C=O) groups excluding carboxylic acids is 1. The lowest BCUT2D eigenvalue weighted by atomic mass is 10.0. The van der Waals surface area contributed by atoms with E-state index in [0.29, 0.717) is 0 Å². The van der Waals surface area contributed by atoms with Crippen LogP contribution in [0.25, 0.3) is 0 Å². The van der Waals surface area contributed by atoms with E-state index in [9.17, 15) is 4.79 Å². The fraction of sp³-hybridized carbons (Fsp3) is 0.588. The number of aryl methyl sites for hydroxylation is 1. The Morgan fingerprint density at radius 3 is 2.37 bits per heavy atom. The SMILES string of the molecule is CCCCCCc1ccc(C(=O)NC(C)CC)cc1. The normalized spacial score (nSPS) is 12.2. The van der Waals surface area contributed by atoms with Crippen molar-refractivity contribution < 1.29 is 4.79 Å². The second-order valence-corrected chi connectivity index (χ2v) is 5.29. The van der Waals surface area contributed by atoms with Gasteiger partial charge in [0.05, 0.1) is 0 Å². The molecule has 2 heteroatoms. The molecular formula is C17H27NO. The summed E-state index contributed by atoms with van der Waals surface area (Å²) in [5, 5.41) is 2.99. The zero-order valence-corrected chi connectivity index (χ0v) is 12.5. The molecule has 0 aliphatic carbocycles. The molecule has 0 heterocycles. The third-order valence-corrected chi connectivity index (χ3v) is 3.52. The summed E-state index contributed by atoms with van der Waals surface area (Å²) in [6, 6.07) is 8.27. The first-order chi connectivity index (χ1) is 9.17. The first-order valence-corrected chi connectivity index (χ1v) is 7.57. The van der Waals surface area contributed by atoms with Gasteiger partial charge in [-0.15, -0.1) is 0 Å². The first kappa shape index (κ1) is 15.7. The predicted molar refractivity (Wildman–Crippen MR) is 81.5 cm³/mol. The van der Waals surface area contributed by atoms with Crippen LogP contribution < -0.4 is 5.32 Å². The number of rotatable bonds is 8. The van der Waals surface area contributed by atoms with Gasteiger partial charge in [-0.05, 0) is 43.9 Å². The van der Waals surface area contributed by atoms with Gasteiger partial charge in [-0.2, -0.15) is 0 Å². The Morgan fingerprint density at radius 2 is 1.79 bits per heavy atom. The van der Waals surface area contributed by atoms with Crippen molar-refractivity contribution >= 4 is 5.91 Å². The minimum atomic E-state index is 0.0342. The van der Waals surface area contributed by atoms with Gasteiger partial charge in [-0.25, -0.2) is 0 Å². The molecule has 0 saturated heterocycles. The molecule has 0 aliphatic rings. The van der Waals surface area contributed by atoms with Crippen LogP contribution in [0.5, 0.6) is 0 Å². The van der Waals surface area contributed by atoms with Crippen molar-refractivity contribution in [1.82, 2.24) is 5.32 Å². The highest BCUT2D eigenvalue weighted by Gasteiger charge is 2.07. The highest BCUT2D eigenvalue weighted by atomic mass is 16.1. The van der Waals surface area contributed by atoms with Gasteiger partial charge in [0.25, 0.3) is 5.91 Å². The summed E-state index contributed by atoms with van der Waals surface area (Å²) in [5.41, 5.74) is 2.09. The largest absolute Gasteiger partial charge is 0.350 e. The Labute approximate surface area is 117 Å². The molecule has 1 aromatic carbocycles. The summed E-state index contributed by atoms with van der Waals surface area (Å²) in [5.74, 6) is 0.0342. The summed E-state index contributed by atoms with van der Waals surface area (Å²) < 4.78 is 0. The van der Waals surface area contributed by atoms with Crippen LogP contribution in [0.15, 0.2) is 24.3 Å². The Bertz CT molecular complexity index is 369. The number of unbranched alkanes of at least 4 members (excludes halogenated alkanes) is 3. The lowest BCUT2D eigenvalue weighted by molar-refractivity contribution is 0.0939. The van der Waals surface area contributed by atoms with Crippen LogP contribution in [0.1, 0.15) is 68.8 Å². The number of hydrogen-bond donors (Lipinski definition) is 1. The van der Waals surface area contributed by atoms with Crippen LogP contribution in [-0.4, -0.2) is 11.9 Å². The third kappa shape index (κ3) is 5.91. The highest BCUT2D eigenvalue weighted by molar-refractivity contribution is 5.94. The first-order valence-electron chi connectivity index (χ1n) is 7.57. The van der Waals surface area contributed by atoms with Crippen molar-refractivity contribution in [3.05, 3.63) is 35.4 Å². The quantitative estimate of drug-likeness (QED) is 0.693. The number of benzene rings is 1. The van der Waals surface area contributed by atoms with E-state index in [0.717, 1.165) is 18.4 Å². The maximum atomic E-state index is 11.9. The third-order valence-electron chi connectivity index (χ3n) is 3.52. The fourth-order valence-electron chi connectivity index (χ4n) is 1.99. The van der Waals surface area contributed by atoms with E-state index in [4.69, 9.17) is 0 Å². The molecule has 0 radical (unpaired) electrons. The summed E-state index contributed by atoms with van der Waals surface area (Å²) in [7, 11) is 0. The smallest absolute Gasteiger partial charge is 0.251 e. The van der Waals surface area contributed by atoms with Crippen LogP contribution in [0.2, 0.25) is 0 Å². The van der Waals surface area contributed by atoms with Gasteiger partial charge in [0.1, 0.15) is 0 Å². The summed E-state index contributed by atoms with van der Waals surface area (Å²) in [4.78, 5) is 11.9. The lowest BCUT2D eigenvalue weighted by Crippen LogP contribution is -2.31. The molecular weight excluding hydrogens is 234 g/mol. The van der Waals surface area contributed by atoms with Crippen molar-refractivity contribution in [2.45, 2.75) is 65.3 Å². The van der Waals surface area contributed by atoms with E-state index < -0.39 is 0 Å². The molecule has 0 aliphatic heterocycles. The van der Waals surface area contributed by atoms with E-state index in [-0.39, 0.29) is 11.9 Å². The molecule has 0 aromatic heterocycles. The van der Waals surface area contributed by atoms with E-state index in [1.165, 1.54) is 31.2 Å². The van der Waals surface area contributed by atoms with Crippen molar-refractivity contribution in [3.63, 3.8) is 0 Å². The number of nitrogens with one attached hydrogen (secondary N) is 1. The summed E-state index contributed by atoms with van der Waals surface area (Å²) >= 11 is 0. The van der Waals surface area contributed by atoms with E-state index >= 15 is 0 Å². The fourth-order valence-corrected chi connectivity index (χ4v) is 1.99. The maximum Gasteiger partial charge on any atom is 0.251 e. The molecule has 1 atom stereocenters. The van der Waals surface area contributed by atoms with E-state index in [1.807, 2.05) is 19.1 Å². The van der Waals surface area contributed by atoms with Gasteiger partial charge in [0, 0.05) is 11.6 Å². The second-order valence-electron chi connectivity index (χ2n) is 5.29. The van der Waals surface area contributed by atoms with Gasteiger partial charge in [-0.1, -0.05) is 45.2 Å². The lowest BCUT2D eigenvalue weighted by Gasteiger charge is -2.11. The van der Waals surface area contributed by atoms with Crippen molar-refractivity contribution in [2.75, 3.05) is 0 Å². The zero-order chi connectivity index (χ0) is 14.1. The Balaban J connectivity index is 2.44. The molecule has 1 rings (SSSR count). The second kappa shape index (κ2) is 8.73. The molecule has 0 saturated carbocycles. The molecule has 2 nitrogen and oxygen atoms in total. The Morgan fingerprint density at radius 1 is 1.11 bits per heavy atom. The number of hydrogen-bond acceptors (Lipinski definition) is 1.